The van der Waals surface area contributed by atoms with Gasteiger partial charge in [-0.05, 0) is 38.8 Å². The molecule has 4 heteroatoms. The van der Waals surface area contributed by atoms with Gasteiger partial charge in [0.25, 0.3) is 0 Å². The summed E-state index contributed by atoms with van der Waals surface area (Å²) >= 11 is 0. The van der Waals surface area contributed by atoms with Crippen molar-refractivity contribution < 1.29 is 14.3 Å². The van der Waals surface area contributed by atoms with Crippen LogP contribution in [-0.4, -0.2) is 18.7 Å². The molecule has 0 aromatic heterocycles. The summed E-state index contributed by atoms with van der Waals surface area (Å²) < 4.78 is 10.8. The molecule has 0 spiro atoms. The lowest BCUT2D eigenvalue weighted by Gasteiger charge is -2.15. The molecule has 1 atom stereocenters. The fraction of sp³-hybridized carbons (Fsp3) is 0.588. The second-order valence-corrected chi connectivity index (χ2v) is 5.25. The van der Waals surface area contributed by atoms with Crippen LogP contribution in [0.1, 0.15) is 63.2 Å². The van der Waals surface area contributed by atoms with Crippen molar-refractivity contribution in [3.05, 3.63) is 23.8 Å². The monoisotopic (exact) mass is 293 g/mol. The number of ether oxygens (including phenoxy) is 2. The van der Waals surface area contributed by atoms with Gasteiger partial charge in [0.2, 0.25) is 0 Å². The lowest BCUT2D eigenvalue weighted by molar-refractivity contribution is 0.0527. The summed E-state index contributed by atoms with van der Waals surface area (Å²) in [6.45, 7) is 6.37. The Labute approximate surface area is 127 Å². The van der Waals surface area contributed by atoms with Crippen LogP contribution in [0.5, 0.6) is 5.75 Å². The van der Waals surface area contributed by atoms with Gasteiger partial charge in [0.15, 0.2) is 0 Å². The summed E-state index contributed by atoms with van der Waals surface area (Å²) in [4.78, 5) is 11.7. The van der Waals surface area contributed by atoms with Gasteiger partial charge < -0.3 is 15.2 Å². The van der Waals surface area contributed by atoms with Crippen molar-refractivity contribution >= 4 is 11.7 Å². The molecule has 0 bridgehead atoms. The van der Waals surface area contributed by atoms with Gasteiger partial charge in [-0.15, -0.1) is 0 Å². The first-order valence-electron chi connectivity index (χ1n) is 7.81. The van der Waals surface area contributed by atoms with Crippen molar-refractivity contribution in [1.82, 2.24) is 0 Å². The molecule has 118 valence electrons. The van der Waals surface area contributed by atoms with Crippen LogP contribution in [0, 0.1) is 0 Å². The molecule has 1 aromatic carbocycles. The number of rotatable bonds is 9. The molecule has 4 nitrogen and oxygen atoms in total. The second-order valence-electron chi connectivity index (χ2n) is 5.25. The highest BCUT2D eigenvalue weighted by atomic mass is 16.5. The predicted molar refractivity (Wildman–Crippen MR) is 85.7 cm³/mol. The largest absolute Gasteiger partial charge is 0.491 e. The average Bonchev–Trinajstić information content (AvgIpc) is 2.44. The quantitative estimate of drug-likeness (QED) is 0.421. The van der Waals surface area contributed by atoms with Crippen molar-refractivity contribution in [2.45, 2.75) is 59.0 Å². The molecule has 0 fully saturated rings. The SMILES string of the molecule is CCCCCCC(C)Oc1ccc(C(=O)OCC)c(N)c1. The van der Waals surface area contributed by atoms with Crippen molar-refractivity contribution in [1.29, 1.82) is 0 Å². The van der Waals surface area contributed by atoms with Crippen LogP contribution in [0.4, 0.5) is 5.69 Å². The average molecular weight is 293 g/mol. The molecule has 0 heterocycles. The van der Waals surface area contributed by atoms with Crippen molar-refractivity contribution in [3.8, 4) is 5.75 Å². The molecule has 0 radical (unpaired) electrons. The van der Waals surface area contributed by atoms with E-state index in [-0.39, 0.29) is 6.10 Å². The van der Waals surface area contributed by atoms with E-state index >= 15 is 0 Å². The van der Waals surface area contributed by atoms with E-state index in [4.69, 9.17) is 15.2 Å². The van der Waals surface area contributed by atoms with Crippen molar-refractivity contribution in [2.24, 2.45) is 0 Å². The molecule has 0 amide bonds. The maximum atomic E-state index is 11.7. The minimum Gasteiger partial charge on any atom is -0.491 e. The zero-order chi connectivity index (χ0) is 15.7. The normalized spacial score (nSPS) is 12.0. The van der Waals surface area contributed by atoms with Gasteiger partial charge in [0, 0.05) is 11.8 Å². The Morgan fingerprint density at radius 2 is 2.00 bits per heavy atom. The fourth-order valence-corrected chi connectivity index (χ4v) is 2.16. The summed E-state index contributed by atoms with van der Waals surface area (Å²) in [5.41, 5.74) is 6.67. The molecule has 2 N–H and O–H groups in total. The molecule has 0 aliphatic carbocycles. The van der Waals surface area contributed by atoms with Crippen molar-refractivity contribution in [2.75, 3.05) is 12.3 Å². The number of hydrogen-bond donors (Lipinski definition) is 1. The van der Waals surface area contributed by atoms with Gasteiger partial charge >= 0.3 is 5.97 Å². The smallest absolute Gasteiger partial charge is 0.340 e. The first-order chi connectivity index (χ1) is 10.1. The Morgan fingerprint density at radius 1 is 1.24 bits per heavy atom. The highest BCUT2D eigenvalue weighted by Gasteiger charge is 2.12. The Morgan fingerprint density at radius 3 is 2.62 bits per heavy atom. The van der Waals surface area contributed by atoms with E-state index in [1.165, 1.54) is 25.7 Å². The van der Waals surface area contributed by atoms with Crippen LogP contribution in [-0.2, 0) is 4.74 Å². The van der Waals surface area contributed by atoms with Crippen LogP contribution < -0.4 is 10.5 Å². The third-order valence-corrected chi connectivity index (χ3v) is 3.32. The third-order valence-electron chi connectivity index (χ3n) is 3.32. The number of unbranched alkanes of at least 4 members (excludes halogenated alkanes) is 3. The maximum absolute atomic E-state index is 11.7. The number of carbonyl (C=O) groups is 1. The molecule has 1 unspecified atom stereocenters. The molecule has 0 aliphatic heterocycles. The van der Waals surface area contributed by atoms with Gasteiger partial charge in [-0.2, -0.15) is 0 Å². The molecule has 1 aromatic rings. The van der Waals surface area contributed by atoms with Crippen LogP contribution in [0.2, 0.25) is 0 Å². The highest BCUT2D eigenvalue weighted by Crippen LogP contribution is 2.22. The van der Waals surface area contributed by atoms with Crippen molar-refractivity contribution in [3.63, 3.8) is 0 Å². The number of carbonyl (C=O) groups excluding carboxylic acids is 1. The zero-order valence-corrected chi connectivity index (χ0v) is 13.4. The zero-order valence-electron chi connectivity index (χ0n) is 13.4. The van der Waals surface area contributed by atoms with E-state index in [1.807, 2.05) is 0 Å². The van der Waals surface area contributed by atoms with Gasteiger partial charge in [-0.3, -0.25) is 0 Å². The van der Waals surface area contributed by atoms with Gasteiger partial charge in [0.05, 0.1) is 18.3 Å². The lowest BCUT2D eigenvalue weighted by Crippen LogP contribution is -2.13. The standard InChI is InChI=1S/C17H27NO3/c1-4-6-7-8-9-13(3)21-14-10-11-15(16(18)12-14)17(19)20-5-2/h10-13H,4-9,18H2,1-3H3. The van der Waals surface area contributed by atoms with Crippen LogP contribution >= 0.6 is 0 Å². The first kappa shape index (κ1) is 17.3. The van der Waals surface area contributed by atoms with Crippen LogP contribution in [0.15, 0.2) is 18.2 Å². The van der Waals surface area contributed by atoms with E-state index in [0.29, 0.717) is 23.6 Å². The molecule has 0 saturated carbocycles. The number of nitrogens with two attached hydrogens (primary N) is 1. The molecular weight excluding hydrogens is 266 g/mol. The van der Waals surface area contributed by atoms with Gasteiger partial charge in [-0.1, -0.05) is 26.2 Å². The molecule has 21 heavy (non-hydrogen) atoms. The molecule has 0 saturated heterocycles. The van der Waals surface area contributed by atoms with E-state index in [2.05, 4.69) is 13.8 Å². The summed E-state index contributed by atoms with van der Waals surface area (Å²) in [6.07, 6.45) is 6.10. The summed E-state index contributed by atoms with van der Waals surface area (Å²) in [5, 5.41) is 0. The number of nitrogen functional groups attached to an aromatic ring is 1. The third kappa shape index (κ3) is 6.06. The summed E-state index contributed by atoms with van der Waals surface area (Å²) in [6, 6.07) is 5.12. The predicted octanol–water partition coefficient (Wildman–Crippen LogP) is 4.18. The van der Waals surface area contributed by atoms with Gasteiger partial charge in [0.1, 0.15) is 5.75 Å². The number of anilines is 1. The second kappa shape index (κ2) is 9.27. The minimum atomic E-state index is -0.394. The van der Waals surface area contributed by atoms with Crippen LogP contribution in [0.25, 0.3) is 0 Å². The Balaban J connectivity index is 2.53. The molecular formula is C17H27NO3. The number of esters is 1. The van der Waals surface area contributed by atoms with Crippen LogP contribution in [0.3, 0.4) is 0 Å². The molecule has 1 rings (SSSR count). The summed E-state index contributed by atoms with van der Waals surface area (Å²) in [5.74, 6) is 0.303. The Bertz CT molecular complexity index is 446. The Kier molecular flexibility index (Phi) is 7.65. The highest BCUT2D eigenvalue weighted by molar-refractivity contribution is 5.95. The Hall–Kier alpha value is -1.71. The summed E-state index contributed by atoms with van der Waals surface area (Å²) in [7, 11) is 0. The number of hydrogen-bond acceptors (Lipinski definition) is 4. The molecule has 0 aliphatic rings. The lowest BCUT2D eigenvalue weighted by atomic mass is 10.1. The van der Waals surface area contributed by atoms with E-state index in [9.17, 15) is 4.79 Å². The van der Waals surface area contributed by atoms with E-state index in [1.54, 1.807) is 25.1 Å². The van der Waals surface area contributed by atoms with E-state index < -0.39 is 5.97 Å². The minimum absolute atomic E-state index is 0.148. The first-order valence-corrected chi connectivity index (χ1v) is 7.81. The fourth-order valence-electron chi connectivity index (χ4n) is 2.16. The van der Waals surface area contributed by atoms with E-state index in [0.717, 1.165) is 6.42 Å². The number of benzene rings is 1. The maximum Gasteiger partial charge on any atom is 0.340 e. The topological polar surface area (TPSA) is 61.5 Å². The van der Waals surface area contributed by atoms with Gasteiger partial charge in [-0.25, -0.2) is 4.79 Å².